The fourth-order valence-corrected chi connectivity index (χ4v) is 3.36. The number of fused-ring (bicyclic) bond motifs is 1. The zero-order valence-corrected chi connectivity index (χ0v) is 13.9. The highest BCUT2D eigenvalue weighted by molar-refractivity contribution is 5.87. The van der Waals surface area contributed by atoms with Crippen molar-refractivity contribution in [1.29, 1.82) is 5.26 Å². The second kappa shape index (κ2) is 7.23. The van der Waals surface area contributed by atoms with Crippen molar-refractivity contribution in [1.82, 2.24) is 9.97 Å². The molecule has 0 bridgehead atoms. The Balaban J connectivity index is 2.14. The molecule has 0 saturated carbocycles. The van der Waals surface area contributed by atoms with Gasteiger partial charge in [-0.05, 0) is 34.7 Å². The molecule has 0 fully saturated rings. The lowest BCUT2D eigenvalue weighted by Gasteiger charge is -2.28. The van der Waals surface area contributed by atoms with Gasteiger partial charge in [-0.1, -0.05) is 62.2 Å². The molecule has 3 rings (SSSR count). The van der Waals surface area contributed by atoms with Gasteiger partial charge in [-0.15, -0.1) is 0 Å². The third-order valence-corrected chi connectivity index (χ3v) is 4.60. The maximum absolute atomic E-state index is 10.2. The summed E-state index contributed by atoms with van der Waals surface area (Å²) in [5.41, 5.74) is 1.56. The minimum atomic E-state index is -0.554. The van der Waals surface area contributed by atoms with E-state index in [9.17, 15) is 5.26 Å². The molecule has 3 aromatic rings. The van der Waals surface area contributed by atoms with Crippen molar-refractivity contribution < 1.29 is 0 Å². The largest absolute Gasteiger partial charge is 0.245 e. The van der Waals surface area contributed by atoms with Crippen molar-refractivity contribution in [3.63, 3.8) is 0 Å². The summed E-state index contributed by atoms with van der Waals surface area (Å²) in [7, 11) is 0. The molecule has 3 heteroatoms. The van der Waals surface area contributed by atoms with E-state index in [2.05, 4.69) is 53.3 Å². The average molecular weight is 315 g/mol. The van der Waals surface area contributed by atoms with Crippen LogP contribution in [0.1, 0.15) is 37.3 Å². The number of hydrogen-bond acceptors (Lipinski definition) is 3. The summed E-state index contributed by atoms with van der Waals surface area (Å²) < 4.78 is 0. The third-order valence-electron chi connectivity index (χ3n) is 4.60. The van der Waals surface area contributed by atoms with Gasteiger partial charge in [0.25, 0.3) is 0 Å². The van der Waals surface area contributed by atoms with E-state index >= 15 is 0 Å². The fourth-order valence-electron chi connectivity index (χ4n) is 3.36. The molecule has 24 heavy (non-hydrogen) atoms. The first kappa shape index (κ1) is 16.1. The Kier molecular flexibility index (Phi) is 4.86. The van der Waals surface area contributed by atoms with E-state index in [4.69, 9.17) is 0 Å². The van der Waals surface area contributed by atoms with Crippen LogP contribution in [0.15, 0.2) is 61.2 Å². The molecule has 0 N–H and O–H groups in total. The molecule has 1 heterocycles. The lowest BCUT2D eigenvalue weighted by Crippen LogP contribution is -2.27. The normalized spacial score (nSPS) is 13.3. The van der Waals surface area contributed by atoms with E-state index in [1.54, 1.807) is 0 Å². The Morgan fingerprint density at radius 2 is 1.79 bits per heavy atom. The van der Waals surface area contributed by atoms with Crippen LogP contribution in [0.2, 0.25) is 0 Å². The van der Waals surface area contributed by atoms with Gasteiger partial charge in [0.1, 0.15) is 6.33 Å². The summed E-state index contributed by atoms with van der Waals surface area (Å²) in [5.74, 6) is 0. The van der Waals surface area contributed by atoms with Gasteiger partial charge in [0, 0.05) is 12.4 Å². The minimum Gasteiger partial charge on any atom is -0.245 e. The van der Waals surface area contributed by atoms with Crippen molar-refractivity contribution in [3.8, 4) is 6.07 Å². The molecule has 1 aromatic heterocycles. The van der Waals surface area contributed by atoms with Crippen molar-refractivity contribution in [2.24, 2.45) is 0 Å². The molecule has 0 aliphatic heterocycles. The Labute approximate surface area is 143 Å². The first-order valence-electron chi connectivity index (χ1n) is 8.42. The van der Waals surface area contributed by atoms with Gasteiger partial charge >= 0.3 is 0 Å². The molecular weight excluding hydrogens is 294 g/mol. The molecular formula is C21H21N3. The molecule has 120 valence electrons. The van der Waals surface area contributed by atoms with Gasteiger partial charge in [0.15, 0.2) is 0 Å². The van der Waals surface area contributed by atoms with Gasteiger partial charge in [0.05, 0.1) is 11.5 Å². The minimum absolute atomic E-state index is 0.554. The maximum atomic E-state index is 10.2. The van der Waals surface area contributed by atoms with Gasteiger partial charge in [-0.25, -0.2) is 9.97 Å². The van der Waals surface area contributed by atoms with Crippen LogP contribution >= 0.6 is 0 Å². The Morgan fingerprint density at radius 1 is 1.04 bits per heavy atom. The average Bonchev–Trinajstić information content (AvgIpc) is 2.65. The topological polar surface area (TPSA) is 49.6 Å². The van der Waals surface area contributed by atoms with Crippen LogP contribution in [0, 0.1) is 11.3 Å². The molecule has 0 spiro atoms. The summed E-state index contributed by atoms with van der Waals surface area (Å²) in [4.78, 5) is 8.24. The molecule has 0 aliphatic carbocycles. The molecule has 0 saturated heterocycles. The second-order valence-electron chi connectivity index (χ2n) is 6.25. The molecule has 0 amide bonds. The summed E-state index contributed by atoms with van der Waals surface area (Å²) >= 11 is 0. The van der Waals surface area contributed by atoms with E-state index in [1.165, 1.54) is 11.7 Å². The monoisotopic (exact) mass is 315 g/mol. The molecule has 3 nitrogen and oxygen atoms in total. The maximum Gasteiger partial charge on any atom is 0.115 e. The summed E-state index contributed by atoms with van der Waals surface area (Å²) in [6.07, 6.45) is 8.72. The van der Waals surface area contributed by atoms with Crippen LogP contribution in [0.25, 0.3) is 10.8 Å². The van der Waals surface area contributed by atoms with Crippen molar-refractivity contribution in [2.75, 3.05) is 0 Å². The zero-order valence-electron chi connectivity index (χ0n) is 13.9. The van der Waals surface area contributed by atoms with E-state index < -0.39 is 5.41 Å². The van der Waals surface area contributed by atoms with E-state index in [0.717, 1.165) is 35.8 Å². The second-order valence-corrected chi connectivity index (χ2v) is 6.25. The first-order valence-corrected chi connectivity index (χ1v) is 8.42. The number of nitrogens with zero attached hydrogens (tertiary/aromatic N) is 3. The Hall–Kier alpha value is -2.73. The van der Waals surface area contributed by atoms with Crippen molar-refractivity contribution in [2.45, 2.75) is 38.0 Å². The van der Waals surface area contributed by atoms with E-state index in [-0.39, 0.29) is 0 Å². The van der Waals surface area contributed by atoms with Crippen LogP contribution < -0.4 is 0 Å². The molecule has 1 atom stereocenters. The Bertz CT molecular complexity index is 846. The van der Waals surface area contributed by atoms with Gasteiger partial charge in [-0.3, -0.25) is 0 Å². The summed E-state index contributed by atoms with van der Waals surface area (Å²) in [5, 5.41) is 12.5. The first-order chi connectivity index (χ1) is 11.8. The number of unbranched alkanes of at least 4 members (excludes halogenated alkanes) is 1. The highest BCUT2D eigenvalue weighted by atomic mass is 14.8. The predicted molar refractivity (Wildman–Crippen MR) is 96.5 cm³/mol. The number of rotatable bonds is 6. The van der Waals surface area contributed by atoms with Crippen LogP contribution in [0.3, 0.4) is 0 Å². The molecule has 2 aromatic carbocycles. The highest BCUT2D eigenvalue weighted by Crippen LogP contribution is 2.37. The SMILES string of the molecule is CCCCC(C#N)(Cc1cncnc1)c1cccc2ccccc12. The lowest BCUT2D eigenvalue weighted by molar-refractivity contribution is 0.478. The quantitative estimate of drug-likeness (QED) is 0.655. The fraction of sp³-hybridized carbons (Fsp3) is 0.286. The molecule has 0 aliphatic rings. The lowest BCUT2D eigenvalue weighted by atomic mass is 9.72. The van der Waals surface area contributed by atoms with Gasteiger partial charge < -0.3 is 0 Å². The van der Waals surface area contributed by atoms with E-state index in [0.29, 0.717) is 6.42 Å². The molecule has 0 radical (unpaired) electrons. The van der Waals surface area contributed by atoms with Crippen LogP contribution in [0.5, 0.6) is 0 Å². The van der Waals surface area contributed by atoms with Gasteiger partial charge in [0.2, 0.25) is 0 Å². The van der Waals surface area contributed by atoms with E-state index in [1.807, 2.05) is 24.5 Å². The predicted octanol–water partition coefficient (Wildman–Crippen LogP) is 4.82. The zero-order chi connectivity index (χ0) is 16.8. The van der Waals surface area contributed by atoms with Crippen molar-refractivity contribution >= 4 is 10.8 Å². The van der Waals surface area contributed by atoms with Crippen LogP contribution in [-0.4, -0.2) is 9.97 Å². The number of benzene rings is 2. The van der Waals surface area contributed by atoms with Crippen LogP contribution in [0.4, 0.5) is 0 Å². The summed E-state index contributed by atoms with van der Waals surface area (Å²) in [6, 6.07) is 17.2. The third kappa shape index (κ3) is 3.14. The van der Waals surface area contributed by atoms with Gasteiger partial charge in [-0.2, -0.15) is 5.26 Å². The number of nitriles is 1. The molecule has 1 unspecified atom stereocenters. The smallest absolute Gasteiger partial charge is 0.115 e. The number of hydrogen-bond donors (Lipinski definition) is 0. The standard InChI is InChI=1S/C21H21N3/c1-2-3-11-21(15-22,12-17-13-23-16-24-14-17)20-10-6-8-18-7-4-5-9-19(18)20/h4-10,13-14,16H,2-3,11-12H2,1H3. The summed E-state index contributed by atoms with van der Waals surface area (Å²) in [6.45, 7) is 2.16. The van der Waals surface area contributed by atoms with Crippen LogP contribution in [-0.2, 0) is 11.8 Å². The number of aromatic nitrogens is 2. The highest BCUT2D eigenvalue weighted by Gasteiger charge is 2.33. The van der Waals surface area contributed by atoms with Crippen molar-refractivity contribution in [3.05, 3.63) is 72.3 Å². The Morgan fingerprint density at radius 3 is 2.54 bits per heavy atom.